The molecule has 5 rings (SSSR count). The van der Waals surface area contributed by atoms with Crippen molar-refractivity contribution >= 4 is 40.9 Å². The van der Waals surface area contributed by atoms with Gasteiger partial charge in [0.2, 0.25) is 0 Å². The van der Waals surface area contributed by atoms with Crippen molar-refractivity contribution < 1.29 is 14.0 Å². The molecule has 2 heterocycles. The van der Waals surface area contributed by atoms with E-state index >= 15 is 0 Å². The molecule has 0 radical (unpaired) electrons. The predicted molar refractivity (Wildman–Crippen MR) is 125 cm³/mol. The van der Waals surface area contributed by atoms with E-state index in [1.54, 1.807) is 28.0 Å². The van der Waals surface area contributed by atoms with Crippen molar-refractivity contribution in [3.63, 3.8) is 0 Å². The number of halogens is 2. The Kier molecular flexibility index (Phi) is 5.22. The molecule has 0 bridgehead atoms. The minimum absolute atomic E-state index is 0.177. The first-order valence-electron chi connectivity index (χ1n) is 10.3. The van der Waals surface area contributed by atoms with Gasteiger partial charge < -0.3 is 9.80 Å². The number of amides is 2. The highest BCUT2D eigenvalue weighted by Gasteiger charge is 2.59. The number of fused-ring (bicyclic) bond motifs is 2. The molecule has 1 spiro atoms. The minimum atomic E-state index is -1.21. The van der Waals surface area contributed by atoms with Gasteiger partial charge in [-0.15, -0.1) is 11.8 Å². The molecular weight excluding hydrogens is 447 g/mol. The molecule has 0 aromatic heterocycles. The molecule has 0 N–H and O–H groups in total. The Balaban J connectivity index is 1.60. The van der Waals surface area contributed by atoms with Gasteiger partial charge in [-0.05, 0) is 48.9 Å². The summed E-state index contributed by atoms with van der Waals surface area (Å²) < 4.78 is 13.8. The molecule has 7 heteroatoms. The monoisotopic (exact) mass is 466 g/mol. The Morgan fingerprint density at radius 3 is 2.72 bits per heavy atom. The van der Waals surface area contributed by atoms with Gasteiger partial charge in [-0.25, -0.2) is 4.39 Å². The number of nitrogens with zero attached hydrogens (tertiary/aromatic N) is 2. The summed E-state index contributed by atoms with van der Waals surface area (Å²) in [4.78, 5) is 29.5. The van der Waals surface area contributed by atoms with Gasteiger partial charge >= 0.3 is 0 Å². The summed E-state index contributed by atoms with van der Waals surface area (Å²) in [6.45, 7) is 2.78. The maximum atomic E-state index is 14.0. The summed E-state index contributed by atoms with van der Waals surface area (Å²) in [6.07, 6.45) is 0. The summed E-state index contributed by atoms with van der Waals surface area (Å²) in [6, 6.07) is 19.0. The van der Waals surface area contributed by atoms with Crippen LogP contribution in [0, 0.1) is 12.7 Å². The summed E-state index contributed by atoms with van der Waals surface area (Å²) in [7, 11) is 0. The fraction of sp³-hybridized carbons (Fsp3) is 0.200. The molecule has 1 saturated heterocycles. The van der Waals surface area contributed by atoms with Crippen LogP contribution in [0.4, 0.5) is 10.1 Å². The van der Waals surface area contributed by atoms with Gasteiger partial charge in [0.05, 0.1) is 12.2 Å². The third-order valence-electron chi connectivity index (χ3n) is 5.90. The molecule has 3 aromatic carbocycles. The second-order valence-corrected chi connectivity index (χ2v) is 9.73. The zero-order valence-electron chi connectivity index (χ0n) is 17.3. The second-order valence-electron chi connectivity index (χ2n) is 8.00. The number of benzene rings is 3. The number of thioether (sulfide) groups is 1. The van der Waals surface area contributed by atoms with Crippen molar-refractivity contribution in [3.05, 3.63) is 99.8 Å². The number of carbonyl (C=O) groups excluding carboxylic acids is 2. The topological polar surface area (TPSA) is 40.6 Å². The van der Waals surface area contributed by atoms with Gasteiger partial charge in [0.15, 0.2) is 4.87 Å². The van der Waals surface area contributed by atoms with Crippen molar-refractivity contribution in [2.45, 2.75) is 18.3 Å². The third-order valence-corrected chi connectivity index (χ3v) is 7.55. The first-order chi connectivity index (χ1) is 15.4. The van der Waals surface area contributed by atoms with Crippen LogP contribution >= 0.6 is 23.4 Å². The van der Waals surface area contributed by atoms with E-state index in [0.717, 1.165) is 16.8 Å². The maximum Gasteiger partial charge on any atom is 0.268 e. The number of hydrogen-bond acceptors (Lipinski definition) is 3. The summed E-state index contributed by atoms with van der Waals surface area (Å²) in [5.41, 5.74) is 3.78. The van der Waals surface area contributed by atoms with Crippen LogP contribution in [0.15, 0.2) is 66.7 Å². The van der Waals surface area contributed by atoms with Crippen LogP contribution in [0.2, 0.25) is 5.02 Å². The Bertz CT molecular complexity index is 1250. The van der Waals surface area contributed by atoms with Crippen LogP contribution in [0.3, 0.4) is 0 Å². The van der Waals surface area contributed by atoms with E-state index in [1.165, 1.54) is 30.0 Å². The molecule has 0 saturated carbocycles. The molecule has 1 atom stereocenters. The highest BCUT2D eigenvalue weighted by Crippen LogP contribution is 2.55. The maximum absolute atomic E-state index is 14.0. The van der Waals surface area contributed by atoms with E-state index in [0.29, 0.717) is 29.4 Å². The van der Waals surface area contributed by atoms with Crippen molar-refractivity contribution in [2.24, 2.45) is 0 Å². The Morgan fingerprint density at radius 1 is 1.12 bits per heavy atom. The predicted octanol–water partition coefficient (Wildman–Crippen LogP) is 5.38. The van der Waals surface area contributed by atoms with Gasteiger partial charge in [-0.2, -0.15) is 0 Å². The van der Waals surface area contributed by atoms with E-state index in [9.17, 15) is 14.0 Å². The number of carbonyl (C=O) groups is 2. The SMILES string of the molecule is Cc1cccc(CN2C(=O)[C@@]3(SCCN3C(=O)c3cccc(F)c3)c3cc(Cl)ccc32)c1. The normalized spacial score (nSPS) is 19.7. The second kappa shape index (κ2) is 7.94. The largest absolute Gasteiger partial charge is 0.311 e. The quantitative estimate of drug-likeness (QED) is 0.520. The van der Waals surface area contributed by atoms with Crippen LogP contribution in [-0.4, -0.2) is 29.0 Å². The average molecular weight is 467 g/mol. The molecule has 2 aliphatic rings. The lowest BCUT2D eigenvalue weighted by Crippen LogP contribution is -2.50. The van der Waals surface area contributed by atoms with E-state index in [-0.39, 0.29) is 17.4 Å². The average Bonchev–Trinajstić information content (AvgIpc) is 3.30. The highest BCUT2D eigenvalue weighted by molar-refractivity contribution is 8.01. The first kappa shape index (κ1) is 21.0. The van der Waals surface area contributed by atoms with Gasteiger partial charge in [-0.1, -0.05) is 47.5 Å². The van der Waals surface area contributed by atoms with Gasteiger partial charge in [0, 0.05) is 28.4 Å². The summed E-state index contributed by atoms with van der Waals surface area (Å²) in [5.74, 6) is -0.439. The van der Waals surface area contributed by atoms with Crippen LogP contribution < -0.4 is 4.90 Å². The smallest absolute Gasteiger partial charge is 0.268 e. The van der Waals surface area contributed by atoms with Crippen LogP contribution in [0.25, 0.3) is 0 Å². The summed E-state index contributed by atoms with van der Waals surface area (Å²) >= 11 is 7.76. The zero-order chi connectivity index (χ0) is 22.5. The molecule has 0 aliphatic carbocycles. The van der Waals surface area contributed by atoms with E-state index in [2.05, 4.69) is 0 Å². The molecule has 2 aliphatic heterocycles. The number of aryl methyl sites for hydroxylation is 1. The van der Waals surface area contributed by atoms with Gasteiger partial charge in [-0.3, -0.25) is 9.59 Å². The summed E-state index contributed by atoms with van der Waals surface area (Å²) in [5, 5.41) is 0.499. The number of rotatable bonds is 3. The lowest BCUT2D eigenvalue weighted by Gasteiger charge is -2.33. The Labute approximate surface area is 195 Å². The highest BCUT2D eigenvalue weighted by atomic mass is 35.5. The van der Waals surface area contributed by atoms with Gasteiger partial charge in [0.25, 0.3) is 11.8 Å². The first-order valence-corrected chi connectivity index (χ1v) is 11.7. The lowest BCUT2D eigenvalue weighted by atomic mass is 10.0. The molecule has 2 amide bonds. The van der Waals surface area contributed by atoms with E-state index < -0.39 is 10.7 Å². The van der Waals surface area contributed by atoms with Gasteiger partial charge in [0.1, 0.15) is 5.82 Å². The third kappa shape index (κ3) is 3.29. The molecule has 32 heavy (non-hydrogen) atoms. The standard InChI is InChI=1S/C25H20ClFN2O2S/c1-16-4-2-5-17(12-16)15-28-22-9-8-19(26)14-21(22)25(24(28)31)29(10-11-32-25)23(30)18-6-3-7-20(27)13-18/h2-9,12-14H,10-11,15H2,1H3/t25-/m0/s1. The molecule has 4 nitrogen and oxygen atoms in total. The molecule has 3 aromatic rings. The van der Waals surface area contributed by atoms with Crippen LogP contribution in [0.1, 0.15) is 27.0 Å². The molecule has 162 valence electrons. The van der Waals surface area contributed by atoms with Crippen LogP contribution in [0.5, 0.6) is 0 Å². The number of anilines is 1. The van der Waals surface area contributed by atoms with Crippen LogP contribution in [-0.2, 0) is 16.2 Å². The molecule has 0 unspecified atom stereocenters. The van der Waals surface area contributed by atoms with Crippen molar-refractivity contribution in [1.29, 1.82) is 0 Å². The Hall–Kier alpha value is -2.83. The minimum Gasteiger partial charge on any atom is -0.311 e. The fourth-order valence-electron chi connectivity index (χ4n) is 4.51. The van der Waals surface area contributed by atoms with Crippen molar-refractivity contribution in [1.82, 2.24) is 4.90 Å². The number of hydrogen-bond donors (Lipinski definition) is 0. The van der Waals surface area contributed by atoms with Crippen molar-refractivity contribution in [3.8, 4) is 0 Å². The zero-order valence-corrected chi connectivity index (χ0v) is 18.9. The fourth-order valence-corrected chi connectivity index (χ4v) is 6.14. The molecular formula is C25H20ClFN2O2S. The molecule has 1 fully saturated rings. The Morgan fingerprint density at radius 2 is 1.94 bits per heavy atom. The van der Waals surface area contributed by atoms with Crippen molar-refractivity contribution in [2.75, 3.05) is 17.2 Å². The van der Waals surface area contributed by atoms with E-state index in [4.69, 9.17) is 11.6 Å². The lowest BCUT2D eigenvalue weighted by molar-refractivity contribution is -0.123. The van der Waals surface area contributed by atoms with E-state index in [1.807, 2.05) is 37.3 Å².